The fourth-order valence-electron chi connectivity index (χ4n) is 2.45. The van der Waals surface area contributed by atoms with Crippen molar-refractivity contribution in [2.75, 3.05) is 4.90 Å². The molecule has 0 unspecified atom stereocenters. The Kier molecular flexibility index (Phi) is 4.09. The summed E-state index contributed by atoms with van der Waals surface area (Å²) >= 11 is 6.98. The molecule has 1 aliphatic heterocycles. The second-order valence-electron chi connectivity index (χ2n) is 5.08. The van der Waals surface area contributed by atoms with Gasteiger partial charge in [0.2, 0.25) is 0 Å². The third-order valence-electron chi connectivity index (χ3n) is 3.67. The predicted octanol–water partition coefficient (Wildman–Crippen LogP) is 3.88. The first-order valence-electron chi connectivity index (χ1n) is 7.11. The highest BCUT2D eigenvalue weighted by molar-refractivity contribution is 7.80. The average molecular weight is 328 g/mol. The summed E-state index contributed by atoms with van der Waals surface area (Å²) < 4.78 is 0. The minimum atomic E-state index is -0.0984. The van der Waals surface area contributed by atoms with Crippen molar-refractivity contribution in [2.45, 2.75) is 20.3 Å². The topological polar surface area (TPSA) is 32.3 Å². The van der Waals surface area contributed by atoms with E-state index in [0.29, 0.717) is 10.8 Å². The van der Waals surface area contributed by atoms with Crippen LogP contribution in [0.4, 0.5) is 5.69 Å². The van der Waals surface area contributed by atoms with Crippen LogP contribution in [0.1, 0.15) is 22.9 Å². The maximum absolute atomic E-state index is 12.7. The lowest BCUT2D eigenvalue weighted by molar-refractivity contribution is -0.113. The van der Waals surface area contributed by atoms with Crippen molar-refractivity contribution < 1.29 is 4.79 Å². The maximum Gasteiger partial charge on any atom is 0.281 e. The third-order valence-corrected chi connectivity index (χ3v) is 4.92. The highest BCUT2D eigenvalue weighted by Gasteiger charge is 2.33. The van der Waals surface area contributed by atoms with Crippen LogP contribution >= 0.6 is 23.6 Å². The molecule has 0 spiro atoms. The molecular formula is C17H16N2OS2. The van der Waals surface area contributed by atoms with Crippen molar-refractivity contribution in [1.29, 1.82) is 0 Å². The molecule has 1 aliphatic rings. The number of nitrogens with one attached hydrogen (secondary N) is 1. The lowest BCUT2D eigenvalue weighted by Gasteiger charge is -2.17. The summed E-state index contributed by atoms with van der Waals surface area (Å²) in [7, 11) is 0. The van der Waals surface area contributed by atoms with Crippen LogP contribution in [0.25, 0.3) is 6.08 Å². The maximum atomic E-state index is 12.7. The molecule has 1 aromatic carbocycles. The van der Waals surface area contributed by atoms with Gasteiger partial charge < -0.3 is 5.32 Å². The number of thiophene rings is 1. The van der Waals surface area contributed by atoms with Gasteiger partial charge in [0.1, 0.15) is 5.70 Å². The van der Waals surface area contributed by atoms with E-state index in [-0.39, 0.29) is 5.91 Å². The number of para-hydroxylation sites is 1. The van der Waals surface area contributed by atoms with E-state index in [9.17, 15) is 4.79 Å². The Bertz CT molecular complexity index is 776. The van der Waals surface area contributed by atoms with Crippen molar-refractivity contribution in [3.8, 4) is 0 Å². The quantitative estimate of drug-likeness (QED) is 0.685. The van der Waals surface area contributed by atoms with E-state index in [4.69, 9.17) is 12.2 Å². The van der Waals surface area contributed by atoms with Gasteiger partial charge in [0.25, 0.3) is 5.91 Å². The minimum Gasteiger partial charge on any atom is -0.327 e. The van der Waals surface area contributed by atoms with E-state index in [1.165, 1.54) is 0 Å². The predicted molar refractivity (Wildman–Crippen MR) is 96.1 cm³/mol. The number of benzene rings is 1. The number of nitrogens with zero attached hydrogens (tertiary/aromatic N) is 1. The molecule has 2 heterocycles. The monoisotopic (exact) mass is 328 g/mol. The van der Waals surface area contributed by atoms with Gasteiger partial charge in [-0.05, 0) is 60.3 Å². The standard InChI is InChI=1S/C17H16N2OS2/c1-3-12-6-4-5-7-14(12)19-16(20)13(18-17(19)21)10-15-11(2)8-9-22-15/h4-10H,3H2,1-2H3,(H,18,21)/b13-10+. The second-order valence-corrected chi connectivity index (χ2v) is 6.41. The summed E-state index contributed by atoms with van der Waals surface area (Å²) in [6, 6.07) is 9.90. The minimum absolute atomic E-state index is 0.0984. The lowest BCUT2D eigenvalue weighted by Crippen LogP contribution is -2.31. The molecule has 1 amide bonds. The zero-order valence-corrected chi connectivity index (χ0v) is 14.1. The van der Waals surface area contributed by atoms with Gasteiger partial charge in [-0.15, -0.1) is 11.3 Å². The van der Waals surface area contributed by atoms with Gasteiger partial charge >= 0.3 is 0 Å². The van der Waals surface area contributed by atoms with Gasteiger partial charge in [0, 0.05) is 4.88 Å². The largest absolute Gasteiger partial charge is 0.327 e. The molecule has 1 aromatic heterocycles. The molecule has 5 heteroatoms. The first-order chi connectivity index (χ1) is 10.6. The number of anilines is 1. The summed E-state index contributed by atoms with van der Waals surface area (Å²) in [5.41, 5.74) is 3.65. The fourth-order valence-corrected chi connectivity index (χ4v) is 3.60. The number of hydrogen-bond donors (Lipinski definition) is 1. The number of amides is 1. The molecule has 1 N–H and O–H groups in total. The van der Waals surface area contributed by atoms with Crippen LogP contribution in [-0.2, 0) is 11.2 Å². The van der Waals surface area contributed by atoms with Gasteiger partial charge in [-0.3, -0.25) is 9.69 Å². The van der Waals surface area contributed by atoms with E-state index in [1.54, 1.807) is 16.2 Å². The third kappa shape index (κ3) is 2.58. The van der Waals surface area contributed by atoms with Crippen molar-refractivity contribution >= 4 is 46.3 Å². The summed E-state index contributed by atoms with van der Waals surface area (Å²) in [6.07, 6.45) is 2.73. The van der Waals surface area contributed by atoms with Gasteiger partial charge in [-0.2, -0.15) is 0 Å². The molecule has 3 nitrogen and oxygen atoms in total. The van der Waals surface area contributed by atoms with Gasteiger partial charge in [0.05, 0.1) is 5.69 Å². The molecule has 0 bridgehead atoms. The Morgan fingerprint density at radius 3 is 2.77 bits per heavy atom. The van der Waals surface area contributed by atoms with Crippen molar-refractivity contribution in [2.24, 2.45) is 0 Å². The summed E-state index contributed by atoms with van der Waals surface area (Å²) in [4.78, 5) is 15.4. The van der Waals surface area contributed by atoms with Crippen LogP contribution in [-0.4, -0.2) is 11.0 Å². The zero-order chi connectivity index (χ0) is 15.7. The fraction of sp³-hybridized carbons (Fsp3) is 0.176. The molecule has 0 aliphatic carbocycles. The van der Waals surface area contributed by atoms with Crippen LogP contribution in [0.3, 0.4) is 0 Å². The number of hydrogen-bond acceptors (Lipinski definition) is 3. The molecule has 0 radical (unpaired) electrons. The molecule has 2 aromatic rings. The first kappa shape index (κ1) is 14.9. The number of rotatable bonds is 3. The van der Waals surface area contributed by atoms with E-state index in [2.05, 4.69) is 12.2 Å². The molecule has 0 saturated carbocycles. The Labute approximate surface area is 139 Å². The van der Waals surface area contributed by atoms with Crippen molar-refractivity contribution in [3.05, 3.63) is 57.4 Å². The summed E-state index contributed by atoms with van der Waals surface area (Å²) in [5.74, 6) is -0.0984. The van der Waals surface area contributed by atoms with Gasteiger partial charge in [-0.25, -0.2) is 0 Å². The van der Waals surface area contributed by atoms with Crippen molar-refractivity contribution in [1.82, 2.24) is 5.32 Å². The average Bonchev–Trinajstić information content (AvgIpc) is 3.04. The normalized spacial score (nSPS) is 16.5. The van der Waals surface area contributed by atoms with E-state index in [0.717, 1.165) is 28.1 Å². The van der Waals surface area contributed by atoms with Gasteiger partial charge in [-0.1, -0.05) is 25.1 Å². The molecular weight excluding hydrogens is 312 g/mol. The Hall–Kier alpha value is -1.98. The van der Waals surface area contributed by atoms with Crippen LogP contribution in [0.2, 0.25) is 0 Å². The first-order valence-corrected chi connectivity index (χ1v) is 8.39. The number of carbonyl (C=O) groups is 1. The van der Waals surface area contributed by atoms with E-state index < -0.39 is 0 Å². The van der Waals surface area contributed by atoms with Crippen LogP contribution < -0.4 is 10.2 Å². The number of carbonyl (C=O) groups excluding carboxylic acids is 1. The molecule has 3 rings (SSSR count). The Morgan fingerprint density at radius 1 is 1.32 bits per heavy atom. The highest BCUT2D eigenvalue weighted by atomic mass is 32.1. The Balaban J connectivity index is 1.99. The smallest absolute Gasteiger partial charge is 0.281 e. The second kappa shape index (κ2) is 6.02. The van der Waals surface area contributed by atoms with E-state index in [1.807, 2.05) is 48.7 Å². The SMILES string of the molecule is CCc1ccccc1N1C(=O)/C(=C\c2sccc2C)NC1=S. The van der Waals surface area contributed by atoms with E-state index >= 15 is 0 Å². The number of aryl methyl sites for hydroxylation is 2. The molecule has 1 fully saturated rings. The van der Waals surface area contributed by atoms with Crippen LogP contribution in [0.15, 0.2) is 41.4 Å². The number of thiocarbonyl (C=S) groups is 1. The zero-order valence-electron chi connectivity index (χ0n) is 12.4. The Morgan fingerprint density at radius 2 is 2.09 bits per heavy atom. The summed E-state index contributed by atoms with van der Waals surface area (Å²) in [5, 5.41) is 5.50. The lowest BCUT2D eigenvalue weighted by atomic mass is 10.1. The molecule has 1 saturated heterocycles. The molecule has 0 atom stereocenters. The highest BCUT2D eigenvalue weighted by Crippen LogP contribution is 2.27. The van der Waals surface area contributed by atoms with Crippen LogP contribution in [0.5, 0.6) is 0 Å². The molecule has 112 valence electrons. The summed E-state index contributed by atoms with van der Waals surface area (Å²) in [6.45, 7) is 4.10. The molecule has 22 heavy (non-hydrogen) atoms. The van der Waals surface area contributed by atoms with Gasteiger partial charge in [0.15, 0.2) is 5.11 Å². The van der Waals surface area contributed by atoms with Crippen LogP contribution in [0, 0.1) is 6.92 Å². The van der Waals surface area contributed by atoms with Crippen molar-refractivity contribution in [3.63, 3.8) is 0 Å².